The number of benzene rings is 1. The molecule has 0 spiro atoms. The molecule has 5 nitrogen and oxygen atoms in total. The van der Waals surface area contributed by atoms with Gasteiger partial charge in [0.25, 0.3) is 0 Å². The van der Waals surface area contributed by atoms with Crippen molar-refractivity contribution in [2.24, 2.45) is 16.6 Å². The minimum atomic E-state index is 0.186. The van der Waals surface area contributed by atoms with Gasteiger partial charge in [0.2, 0.25) is 0 Å². The highest BCUT2D eigenvalue weighted by molar-refractivity contribution is 5.78. The van der Waals surface area contributed by atoms with E-state index in [0.717, 1.165) is 18.8 Å². The molecule has 2 N–H and O–H groups in total. The van der Waals surface area contributed by atoms with Crippen LogP contribution in [0.25, 0.3) is 0 Å². The molecule has 5 heteroatoms. The van der Waals surface area contributed by atoms with Crippen molar-refractivity contribution in [3.05, 3.63) is 29.8 Å². The Kier molecular flexibility index (Phi) is 6.28. The zero-order valence-corrected chi connectivity index (χ0v) is 14.8. The van der Waals surface area contributed by atoms with Gasteiger partial charge in [-0.15, -0.1) is 0 Å². The van der Waals surface area contributed by atoms with Gasteiger partial charge >= 0.3 is 0 Å². The fourth-order valence-corrected chi connectivity index (χ4v) is 3.09. The first-order valence-corrected chi connectivity index (χ1v) is 8.36. The third-order valence-corrected chi connectivity index (χ3v) is 4.51. The summed E-state index contributed by atoms with van der Waals surface area (Å²) in [5.41, 5.74) is 7.42. The molecular weight excluding hydrogens is 288 g/mol. The van der Waals surface area contributed by atoms with Crippen LogP contribution < -0.4 is 10.5 Å². The summed E-state index contributed by atoms with van der Waals surface area (Å²) < 4.78 is 5.33. The predicted molar refractivity (Wildman–Crippen MR) is 95.9 cm³/mol. The molecule has 2 atom stereocenters. The van der Waals surface area contributed by atoms with E-state index in [9.17, 15) is 0 Å². The fourth-order valence-electron chi connectivity index (χ4n) is 3.09. The molecule has 0 aromatic heterocycles. The summed E-state index contributed by atoms with van der Waals surface area (Å²) in [6.07, 6.45) is 2.48. The van der Waals surface area contributed by atoms with Gasteiger partial charge < -0.3 is 20.3 Å². The van der Waals surface area contributed by atoms with Crippen LogP contribution in [0.15, 0.2) is 29.3 Å². The van der Waals surface area contributed by atoms with E-state index in [0.29, 0.717) is 18.4 Å². The van der Waals surface area contributed by atoms with E-state index in [4.69, 9.17) is 10.5 Å². The lowest BCUT2D eigenvalue weighted by atomic mass is 10.0. The number of methoxy groups -OCH3 is 1. The van der Waals surface area contributed by atoms with E-state index in [2.05, 4.69) is 47.9 Å². The molecule has 1 aliphatic heterocycles. The minimum Gasteiger partial charge on any atom is -0.497 e. The molecule has 23 heavy (non-hydrogen) atoms. The van der Waals surface area contributed by atoms with Gasteiger partial charge in [0, 0.05) is 13.1 Å². The Bertz CT molecular complexity index is 530. The lowest BCUT2D eigenvalue weighted by molar-refractivity contribution is 0.267. The predicted octanol–water partition coefficient (Wildman–Crippen LogP) is 2.34. The topological polar surface area (TPSA) is 54.1 Å². The number of guanidine groups is 1. The van der Waals surface area contributed by atoms with E-state index >= 15 is 0 Å². The number of piperidine rings is 1. The van der Waals surface area contributed by atoms with Crippen molar-refractivity contribution in [1.82, 2.24) is 9.80 Å². The quantitative estimate of drug-likeness (QED) is 0.669. The third kappa shape index (κ3) is 4.86. The Morgan fingerprint density at radius 2 is 2.26 bits per heavy atom. The van der Waals surface area contributed by atoms with Crippen molar-refractivity contribution in [2.75, 3.05) is 40.8 Å². The Labute approximate surface area is 140 Å². The zero-order valence-electron chi connectivity index (χ0n) is 14.8. The molecule has 0 bridgehead atoms. The molecule has 1 aromatic rings. The number of nitrogens with zero attached hydrogens (tertiary/aromatic N) is 3. The Morgan fingerprint density at radius 3 is 2.91 bits per heavy atom. The number of nitrogens with two attached hydrogens (primary N) is 1. The van der Waals surface area contributed by atoms with Gasteiger partial charge in [-0.25, -0.2) is 0 Å². The summed E-state index contributed by atoms with van der Waals surface area (Å²) in [5, 5.41) is 0. The molecule has 1 aromatic carbocycles. The van der Waals surface area contributed by atoms with Crippen molar-refractivity contribution in [3.8, 4) is 5.75 Å². The first-order valence-electron chi connectivity index (χ1n) is 8.36. The van der Waals surface area contributed by atoms with E-state index in [1.807, 2.05) is 12.1 Å². The van der Waals surface area contributed by atoms with Gasteiger partial charge in [-0.2, -0.15) is 0 Å². The number of likely N-dealkylation sites (N-methyl/N-ethyl adjacent to an activating group) is 1. The van der Waals surface area contributed by atoms with Gasteiger partial charge in [0.05, 0.1) is 19.7 Å². The summed E-state index contributed by atoms with van der Waals surface area (Å²) in [4.78, 5) is 9.06. The maximum absolute atomic E-state index is 6.23. The zero-order chi connectivity index (χ0) is 16.8. The first kappa shape index (κ1) is 17.6. The molecule has 0 amide bonds. The summed E-state index contributed by atoms with van der Waals surface area (Å²) in [6.45, 7) is 4.96. The average Bonchev–Trinajstić information content (AvgIpc) is 2.54. The average molecular weight is 318 g/mol. The van der Waals surface area contributed by atoms with Gasteiger partial charge in [-0.3, -0.25) is 4.99 Å². The van der Waals surface area contributed by atoms with Crippen molar-refractivity contribution < 1.29 is 4.74 Å². The highest BCUT2D eigenvalue weighted by Crippen LogP contribution is 2.23. The molecule has 2 rings (SSSR count). The fraction of sp³-hybridized carbons (Fsp3) is 0.611. The SMILES string of the molecule is COc1cccc(C(CN=C(N)N2CCCC(C)C2)N(C)C)c1. The molecule has 0 saturated carbocycles. The smallest absolute Gasteiger partial charge is 0.191 e. The highest BCUT2D eigenvalue weighted by Gasteiger charge is 2.19. The van der Waals surface area contributed by atoms with E-state index in [1.165, 1.54) is 18.4 Å². The summed E-state index contributed by atoms with van der Waals surface area (Å²) in [6, 6.07) is 8.35. The van der Waals surface area contributed by atoms with Crippen LogP contribution in [0.3, 0.4) is 0 Å². The van der Waals surface area contributed by atoms with Crippen LogP contribution in [0.4, 0.5) is 0 Å². The number of likely N-dealkylation sites (tertiary alicyclic amines) is 1. The van der Waals surface area contributed by atoms with Gasteiger partial charge in [0.15, 0.2) is 5.96 Å². The monoisotopic (exact) mass is 318 g/mol. The van der Waals surface area contributed by atoms with Crippen LogP contribution in [-0.4, -0.2) is 56.6 Å². The van der Waals surface area contributed by atoms with Crippen molar-refractivity contribution in [3.63, 3.8) is 0 Å². The summed E-state index contributed by atoms with van der Waals surface area (Å²) in [7, 11) is 5.83. The first-order chi connectivity index (χ1) is 11.0. The Morgan fingerprint density at radius 1 is 1.48 bits per heavy atom. The van der Waals surface area contributed by atoms with Gasteiger partial charge in [0.1, 0.15) is 5.75 Å². The molecule has 128 valence electrons. The van der Waals surface area contributed by atoms with Crippen LogP contribution in [-0.2, 0) is 0 Å². The standard InChI is InChI=1S/C18H30N4O/c1-14-7-6-10-22(13-14)18(19)20-12-17(21(2)3)15-8-5-9-16(11-15)23-4/h5,8-9,11,14,17H,6-7,10,12-13H2,1-4H3,(H2,19,20). The van der Waals surface area contributed by atoms with Crippen LogP contribution in [0.1, 0.15) is 31.4 Å². The third-order valence-electron chi connectivity index (χ3n) is 4.51. The van der Waals surface area contributed by atoms with Gasteiger partial charge in [-0.05, 0) is 50.6 Å². The van der Waals surface area contributed by atoms with E-state index in [1.54, 1.807) is 7.11 Å². The van der Waals surface area contributed by atoms with Crippen molar-refractivity contribution in [2.45, 2.75) is 25.8 Å². The lowest BCUT2D eigenvalue weighted by Crippen LogP contribution is -2.43. The normalized spacial score (nSPS) is 20.7. The Balaban J connectivity index is 2.08. The van der Waals surface area contributed by atoms with Crippen LogP contribution >= 0.6 is 0 Å². The van der Waals surface area contributed by atoms with Crippen molar-refractivity contribution in [1.29, 1.82) is 0 Å². The molecule has 1 aliphatic rings. The lowest BCUT2D eigenvalue weighted by Gasteiger charge is -2.32. The number of hydrogen-bond donors (Lipinski definition) is 1. The van der Waals surface area contributed by atoms with Crippen LogP contribution in [0.2, 0.25) is 0 Å². The van der Waals surface area contributed by atoms with Crippen LogP contribution in [0.5, 0.6) is 5.75 Å². The maximum atomic E-state index is 6.23. The largest absolute Gasteiger partial charge is 0.497 e. The second kappa shape index (κ2) is 8.20. The van der Waals surface area contributed by atoms with Crippen LogP contribution in [0, 0.1) is 5.92 Å². The molecule has 0 aliphatic carbocycles. The van der Waals surface area contributed by atoms with E-state index < -0.39 is 0 Å². The molecule has 1 fully saturated rings. The highest BCUT2D eigenvalue weighted by atomic mass is 16.5. The molecule has 2 unspecified atom stereocenters. The summed E-state index contributed by atoms with van der Waals surface area (Å²) in [5.74, 6) is 2.24. The molecule has 1 heterocycles. The number of aliphatic imine (C=N–C) groups is 1. The number of hydrogen-bond acceptors (Lipinski definition) is 3. The van der Waals surface area contributed by atoms with Crippen molar-refractivity contribution >= 4 is 5.96 Å². The summed E-state index contributed by atoms with van der Waals surface area (Å²) >= 11 is 0. The molecular formula is C18H30N4O. The molecule has 0 radical (unpaired) electrons. The number of rotatable bonds is 5. The second-order valence-corrected chi connectivity index (χ2v) is 6.65. The minimum absolute atomic E-state index is 0.186. The Hall–Kier alpha value is -1.75. The van der Waals surface area contributed by atoms with E-state index in [-0.39, 0.29) is 6.04 Å². The van der Waals surface area contributed by atoms with Gasteiger partial charge in [-0.1, -0.05) is 19.1 Å². The number of ether oxygens (including phenoxy) is 1. The second-order valence-electron chi connectivity index (χ2n) is 6.65. The maximum Gasteiger partial charge on any atom is 0.191 e. The molecule has 1 saturated heterocycles.